The number of halogens is 5. The topological polar surface area (TPSA) is 125 Å². The first-order valence-electron chi connectivity index (χ1n) is 11.8. The number of carbonyl (C=O) groups is 2. The molecule has 2 aromatic rings. The van der Waals surface area contributed by atoms with E-state index in [9.17, 15) is 31.2 Å². The number of benzene rings is 1. The maximum absolute atomic E-state index is 15.2. The minimum Gasteiger partial charge on any atom is -0.481 e. The van der Waals surface area contributed by atoms with E-state index in [4.69, 9.17) is 16.7 Å². The molecule has 38 heavy (non-hydrogen) atoms. The van der Waals surface area contributed by atoms with Crippen LogP contribution in [-0.4, -0.2) is 48.6 Å². The lowest BCUT2D eigenvalue weighted by atomic mass is 9.80. The van der Waals surface area contributed by atoms with E-state index in [0.717, 1.165) is 36.7 Å². The van der Waals surface area contributed by atoms with Crippen molar-refractivity contribution in [3.63, 3.8) is 0 Å². The molecule has 4 rings (SSSR count). The van der Waals surface area contributed by atoms with Crippen LogP contribution in [0.1, 0.15) is 54.5 Å². The summed E-state index contributed by atoms with van der Waals surface area (Å²) < 4.78 is 80.1. The number of aliphatic carboxylic acids is 1. The van der Waals surface area contributed by atoms with Crippen LogP contribution < -0.4 is 10.0 Å². The first kappa shape index (κ1) is 28.7. The number of carboxylic acids is 1. The highest BCUT2D eigenvalue weighted by Gasteiger charge is 2.40. The summed E-state index contributed by atoms with van der Waals surface area (Å²) in [6, 6.07) is -0.762. The standard InChI is InChI=1S/C23H24ClF4N3O5S2/c1-10(23(26,27)28)31-38(35,36)16-6-5-14(17(24)18(16)25)19-15(7-11-3-2-4-11)30-21(37-19)20(32)29-13-8-12(9-13)22(33)34/h5-6,10-13,31H,2-4,7-9H2,1H3,(H,29,32)(H,33,34)/t10-,12-,13-/m0/s1. The molecule has 8 nitrogen and oxygen atoms in total. The summed E-state index contributed by atoms with van der Waals surface area (Å²) in [6.07, 6.45) is -0.887. The minimum atomic E-state index is -4.90. The largest absolute Gasteiger partial charge is 0.481 e. The van der Waals surface area contributed by atoms with Gasteiger partial charge < -0.3 is 10.4 Å². The van der Waals surface area contributed by atoms with Gasteiger partial charge in [-0.1, -0.05) is 36.9 Å². The van der Waals surface area contributed by atoms with Crippen molar-refractivity contribution < 1.29 is 40.7 Å². The van der Waals surface area contributed by atoms with Crippen LogP contribution in [-0.2, 0) is 21.2 Å². The molecule has 3 N–H and O–H groups in total. The Hall–Kier alpha value is -2.29. The van der Waals surface area contributed by atoms with Gasteiger partial charge in [0.25, 0.3) is 5.91 Å². The molecule has 208 valence electrons. The van der Waals surface area contributed by atoms with Gasteiger partial charge in [0.1, 0.15) is 10.9 Å². The molecule has 2 aliphatic carbocycles. The maximum atomic E-state index is 15.2. The van der Waals surface area contributed by atoms with Gasteiger partial charge in [-0.3, -0.25) is 9.59 Å². The number of nitrogens with zero attached hydrogens (tertiary/aromatic N) is 1. The number of nitrogens with one attached hydrogen (secondary N) is 2. The molecule has 1 amide bonds. The van der Waals surface area contributed by atoms with Gasteiger partial charge >= 0.3 is 12.1 Å². The van der Waals surface area contributed by atoms with Crippen LogP contribution in [0.4, 0.5) is 17.6 Å². The van der Waals surface area contributed by atoms with Gasteiger partial charge in [-0.2, -0.15) is 17.9 Å². The molecule has 2 fully saturated rings. The Morgan fingerprint density at radius 2 is 1.92 bits per heavy atom. The fraction of sp³-hybridized carbons (Fsp3) is 0.522. The monoisotopic (exact) mass is 597 g/mol. The van der Waals surface area contributed by atoms with Crippen molar-refractivity contribution >= 4 is 44.8 Å². The van der Waals surface area contributed by atoms with Crippen molar-refractivity contribution in [3.8, 4) is 10.4 Å². The number of hydrogen-bond acceptors (Lipinski definition) is 6. The molecule has 0 unspecified atom stereocenters. The van der Waals surface area contributed by atoms with Crippen LogP contribution >= 0.6 is 22.9 Å². The van der Waals surface area contributed by atoms with Gasteiger partial charge in [0.2, 0.25) is 10.0 Å². The van der Waals surface area contributed by atoms with Crippen molar-refractivity contribution in [2.75, 3.05) is 0 Å². The molecule has 2 saturated carbocycles. The lowest BCUT2D eigenvalue weighted by molar-refractivity contribution is -0.147. The number of sulfonamides is 1. The number of carboxylic acid groups (broad SMARTS) is 1. The summed E-state index contributed by atoms with van der Waals surface area (Å²) in [5.74, 6) is -3.10. The van der Waals surface area contributed by atoms with Crippen LogP contribution in [0, 0.1) is 17.7 Å². The van der Waals surface area contributed by atoms with E-state index in [1.54, 1.807) is 0 Å². The highest BCUT2D eigenvalue weighted by molar-refractivity contribution is 7.89. The van der Waals surface area contributed by atoms with Gasteiger partial charge in [0, 0.05) is 11.6 Å². The Balaban J connectivity index is 1.63. The lowest BCUT2D eigenvalue weighted by Gasteiger charge is -2.32. The maximum Gasteiger partial charge on any atom is 0.404 e. The summed E-state index contributed by atoms with van der Waals surface area (Å²) in [4.78, 5) is 27.6. The fourth-order valence-electron chi connectivity index (χ4n) is 4.23. The number of hydrogen-bond donors (Lipinski definition) is 3. The second-order valence-corrected chi connectivity index (χ2v) is 12.7. The van der Waals surface area contributed by atoms with E-state index in [0.29, 0.717) is 42.7 Å². The van der Waals surface area contributed by atoms with Crippen LogP contribution in [0.2, 0.25) is 5.02 Å². The zero-order valence-electron chi connectivity index (χ0n) is 19.9. The molecule has 1 aromatic heterocycles. The number of carbonyl (C=O) groups excluding carboxylic acids is 1. The highest BCUT2D eigenvalue weighted by atomic mass is 35.5. The summed E-state index contributed by atoms with van der Waals surface area (Å²) in [5, 5.41) is 11.2. The number of aromatic nitrogens is 1. The number of rotatable bonds is 9. The SMILES string of the molecule is C[C@H](NS(=O)(=O)c1ccc(-c2sc(C(=O)N[C@H]3C[C@H](C(=O)O)C3)nc2CC2CCC2)c(Cl)c1F)C(F)(F)F. The van der Waals surface area contributed by atoms with Gasteiger partial charge in [-0.15, -0.1) is 11.3 Å². The zero-order chi connectivity index (χ0) is 28.0. The smallest absolute Gasteiger partial charge is 0.404 e. The van der Waals surface area contributed by atoms with E-state index in [2.05, 4.69) is 10.3 Å². The third-order valence-electron chi connectivity index (χ3n) is 6.82. The van der Waals surface area contributed by atoms with Crippen LogP contribution in [0.25, 0.3) is 10.4 Å². The first-order chi connectivity index (χ1) is 17.7. The Bertz CT molecular complexity index is 1360. The van der Waals surface area contributed by atoms with Crippen molar-refractivity contribution in [1.29, 1.82) is 0 Å². The Labute approximate surface area is 224 Å². The second-order valence-electron chi connectivity index (χ2n) is 9.60. The van der Waals surface area contributed by atoms with Crippen molar-refractivity contribution in [2.24, 2.45) is 11.8 Å². The normalized spacial score (nSPS) is 20.9. The molecule has 0 aliphatic heterocycles. The van der Waals surface area contributed by atoms with E-state index < -0.39 is 55.8 Å². The molecular formula is C23H24ClF4N3O5S2. The third-order valence-corrected chi connectivity index (χ3v) is 9.88. The third kappa shape index (κ3) is 5.97. The summed E-state index contributed by atoms with van der Waals surface area (Å²) in [7, 11) is -4.90. The number of thiazole rings is 1. The second kappa shape index (κ2) is 10.7. The van der Waals surface area contributed by atoms with Crippen molar-refractivity contribution in [1.82, 2.24) is 15.0 Å². The molecule has 1 atom stereocenters. The number of amides is 1. The zero-order valence-corrected chi connectivity index (χ0v) is 22.3. The lowest BCUT2D eigenvalue weighted by Crippen LogP contribution is -2.46. The van der Waals surface area contributed by atoms with Crippen LogP contribution in [0.15, 0.2) is 17.0 Å². The Kier molecular flexibility index (Phi) is 8.09. The van der Waals surface area contributed by atoms with E-state index >= 15 is 4.39 Å². The molecule has 1 heterocycles. The minimum absolute atomic E-state index is 0.0574. The Morgan fingerprint density at radius 3 is 2.47 bits per heavy atom. The van der Waals surface area contributed by atoms with Crippen molar-refractivity contribution in [2.45, 2.75) is 68.6 Å². The van der Waals surface area contributed by atoms with Crippen LogP contribution in [0.3, 0.4) is 0 Å². The van der Waals surface area contributed by atoms with Crippen molar-refractivity contribution in [3.05, 3.63) is 33.7 Å². The van der Waals surface area contributed by atoms with Gasteiger partial charge in [0.15, 0.2) is 10.8 Å². The van der Waals surface area contributed by atoms with E-state index in [1.165, 1.54) is 10.8 Å². The van der Waals surface area contributed by atoms with Crippen LogP contribution in [0.5, 0.6) is 0 Å². The predicted octanol–water partition coefficient (Wildman–Crippen LogP) is 4.77. The Morgan fingerprint density at radius 1 is 1.26 bits per heavy atom. The molecule has 15 heteroatoms. The molecular weight excluding hydrogens is 574 g/mol. The quantitative estimate of drug-likeness (QED) is 0.358. The van der Waals surface area contributed by atoms with Gasteiger partial charge in [-0.05, 0) is 38.2 Å². The molecule has 0 saturated heterocycles. The summed E-state index contributed by atoms with van der Waals surface area (Å²) in [5.41, 5.74) is 0.537. The fourth-order valence-corrected chi connectivity index (χ4v) is 6.94. The predicted molar refractivity (Wildman–Crippen MR) is 131 cm³/mol. The molecule has 0 spiro atoms. The molecule has 0 radical (unpaired) electrons. The van der Waals surface area contributed by atoms with Gasteiger partial charge in [0.05, 0.1) is 21.5 Å². The van der Waals surface area contributed by atoms with E-state index in [1.807, 2.05) is 0 Å². The summed E-state index contributed by atoms with van der Waals surface area (Å²) >= 11 is 7.13. The molecule has 2 aliphatic rings. The average molecular weight is 598 g/mol. The molecule has 0 bridgehead atoms. The van der Waals surface area contributed by atoms with Gasteiger partial charge in [-0.25, -0.2) is 17.8 Å². The average Bonchev–Trinajstić information content (AvgIpc) is 3.17. The number of alkyl halides is 3. The summed E-state index contributed by atoms with van der Waals surface area (Å²) in [6.45, 7) is 0.591. The first-order valence-corrected chi connectivity index (χ1v) is 14.5. The van der Waals surface area contributed by atoms with E-state index in [-0.39, 0.29) is 16.6 Å². The molecule has 1 aromatic carbocycles. The highest BCUT2D eigenvalue weighted by Crippen LogP contribution is 2.41.